The van der Waals surface area contributed by atoms with Crippen LogP contribution in [0.3, 0.4) is 0 Å². The van der Waals surface area contributed by atoms with Crippen molar-refractivity contribution >= 4 is 32.9 Å². The van der Waals surface area contributed by atoms with Crippen molar-refractivity contribution in [3.8, 4) is 5.75 Å². The van der Waals surface area contributed by atoms with Crippen LogP contribution in [0, 0.1) is 6.92 Å². The van der Waals surface area contributed by atoms with E-state index >= 15 is 0 Å². The summed E-state index contributed by atoms with van der Waals surface area (Å²) in [4.78, 5) is 18.3. The van der Waals surface area contributed by atoms with E-state index in [0.717, 1.165) is 16.9 Å². The summed E-state index contributed by atoms with van der Waals surface area (Å²) >= 11 is 3.32. The van der Waals surface area contributed by atoms with Gasteiger partial charge in [-0.05, 0) is 34.5 Å². The molecule has 0 radical (unpaired) electrons. The van der Waals surface area contributed by atoms with Crippen molar-refractivity contribution in [2.75, 3.05) is 14.1 Å². The smallest absolute Gasteiger partial charge is 0.254 e. The first-order valence-electron chi connectivity index (χ1n) is 7.54. The van der Waals surface area contributed by atoms with Gasteiger partial charge in [0.2, 0.25) is 0 Å². The molecule has 0 spiro atoms. The maximum Gasteiger partial charge on any atom is 0.254 e. The lowest BCUT2D eigenvalue weighted by Crippen LogP contribution is -2.22. The van der Waals surface area contributed by atoms with Crippen LogP contribution in [0.15, 0.2) is 40.9 Å². The average Bonchev–Trinajstić information content (AvgIpc) is 2.87. The summed E-state index contributed by atoms with van der Waals surface area (Å²) in [5.74, 6) is 0.599. The third-order valence-corrected chi connectivity index (χ3v) is 4.77. The summed E-state index contributed by atoms with van der Waals surface area (Å²) in [6.07, 6.45) is 0. The number of halogens is 1. The molecule has 0 aliphatic heterocycles. The molecule has 1 heterocycles. The van der Waals surface area contributed by atoms with Crippen LogP contribution in [0.2, 0.25) is 0 Å². The summed E-state index contributed by atoms with van der Waals surface area (Å²) < 4.78 is 2.38. The number of benzene rings is 2. The molecule has 0 atom stereocenters. The minimum absolute atomic E-state index is 0.00684. The molecule has 0 saturated carbocycles. The van der Waals surface area contributed by atoms with Crippen LogP contribution in [-0.2, 0) is 6.54 Å². The van der Waals surface area contributed by atoms with Gasteiger partial charge in [-0.3, -0.25) is 4.79 Å². The van der Waals surface area contributed by atoms with Gasteiger partial charge in [-0.15, -0.1) is 0 Å². The summed E-state index contributed by atoms with van der Waals surface area (Å²) in [7, 11) is 3.37. The average molecular weight is 388 g/mol. The topological polar surface area (TPSA) is 58.4 Å². The van der Waals surface area contributed by atoms with Crippen molar-refractivity contribution in [3.63, 3.8) is 0 Å². The van der Waals surface area contributed by atoms with Crippen LogP contribution in [0.5, 0.6) is 5.75 Å². The van der Waals surface area contributed by atoms with E-state index in [1.807, 2.05) is 41.8 Å². The third-order valence-electron chi connectivity index (χ3n) is 3.97. The van der Waals surface area contributed by atoms with Crippen LogP contribution < -0.4 is 0 Å². The first-order valence-corrected chi connectivity index (χ1v) is 8.33. The van der Waals surface area contributed by atoms with Gasteiger partial charge in [0.1, 0.15) is 11.3 Å². The summed E-state index contributed by atoms with van der Waals surface area (Å²) in [6.45, 7) is 2.52. The SMILES string of the molecule is Cc1nc2c(O)c(Br)c(C(=O)N(C)C)cc2n1Cc1ccccc1. The number of aryl methyl sites for hydroxylation is 1. The van der Waals surface area contributed by atoms with Crippen molar-refractivity contribution in [3.05, 3.63) is 57.8 Å². The van der Waals surface area contributed by atoms with Gasteiger partial charge in [0.05, 0.1) is 15.6 Å². The number of phenolic OH excluding ortho intramolecular Hbond substituents is 1. The normalized spacial score (nSPS) is 11.0. The van der Waals surface area contributed by atoms with Gasteiger partial charge in [-0.25, -0.2) is 4.98 Å². The van der Waals surface area contributed by atoms with Crippen molar-refractivity contribution in [2.45, 2.75) is 13.5 Å². The maximum absolute atomic E-state index is 12.4. The number of nitrogens with zero attached hydrogens (tertiary/aromatic N) is 3. The number of hydrogen-bond acceptors (Lipinski definition) is 3. The van der Waals surface area contributed by atoms with E-state index < -0.39 is 0 Å². The molecular formula is C18H18BrN3O2. The van der Waals surface area contributed by atoms with Crippen molar-refractivity contribution in [1.82, 2.24) is 14.5 Å². The van der Waals surface area contributed by atoms with E-state index in [0.29, 0.717) is 22.1 Å². The number of aromatic hydroxyl groups is 1. The second kappa shape index (κ2) is 6.28. The van der Waals surface area contributed by atoms with Gasteiger partial charge in [-0.1, -0.05) is 30.3 Å². The van der Waals surface area contributed by atoms with Gasteiger partial charge in [0.15, 0.2) is 5.75 Å². The van der Waals surface area contributed by atoms with Crippen molar-refractivity contribution in [1.29, 1.82) is 0 Å². The minimum atomic E-state index is -0.177. The Morgan fingerprint density at radius 2 is 1.96 bits per heavy atom. The molecule has 0 aliphatic rings. The minimum Gasteiger partial charge on any atom is -0.504 e. The molecule has 1 N–H and O–H groups in total. The number of aromatic nitrogens is 2. The fourth-order valence-electron chi connectivity index (χ4n) is 2.70. The largest absolute Gasteiger partial charge is 0.504 e. The zero-order chi connectivity index (χ0) is 17.4. The fourth-order valence-corrected chi connectivity index (χ4v) is 3.17. The first-order chi connectivity index (χ1) is 11.4. The zero-order valence-corrected chi connectivity index (χ0v) is 15.3. The number of carbonyl (C=O) groups is 1. The van der Waals surface area contributed by atoms with Crippen LogP contribution in [0.4, 0.5) is 0 Å². The molecule has 2 aromatic carbocycles. The van der Waals surface area contributed by atoms with Crippen LogP contribution in [0.1, 0.15) is 21.7 Å². The third kappa shape index (κ3) is 2.78. The Kier molecular flexibility index (Phi) is 4.32. The van der Waals surface area contributed by atoms with Gasteiger partial charge >= 0.3 is 0 Å². The van der Waals surface area contributed by atoms with E-state index in [4.69, 9.17) is 0 Å². The monoisotopic (exact) mass is 387 g/mol. The summed E-state index contributed by atoms with van der Waals surface area (Å²) in [5, 5.41) is 10.5. The second-order valence-corrected chi connectivity index (χ2v) is 6.68. The van der Waals surface area contributed by atoms with Gasteiger partial charge in [0, 0.05) is 20.6 Å². The summed E-state index contributed by atoms with van der Waals surface area (Å²) in [5.41, 5.74) is 2.77. The molecule has 6 heteroatoms. The highest BCUT2D eigenvalue weighted by molar-refractivity contribution is 9.10. The maximum atomic E-state index is 12.4. The Bertz CT molecular complexity index is 917. The van der Waals surface area contributed by atoms with Crippen molar-refractivity contribution < 1.29 is 9.90 Å². The lowest BCUT2D eigenvalue weighted by Gasteiger charge is -2.14. The number of imidazole rings is 1. The van der Waals surface area contributed by atoms with E-state index in [9.17, 15) is 9.90 Å². The lowest BCUT2D eigenvalue weighted by atomic mass is 10.1. The van der Waals surface area contributed by atoms with Crippen LogP contribution in [0.25, 0.3) is 11.0 Å². The number of hydrogen-bond donors (Lipinski definition) is 1. The number of amides is 1. The predicted octanol–water partition coefficient (Wildman–Crippen LogP) is 3.56. The number of phenols is 1. The van der Waals surface area contributed by atoms with Crippen LogP contribution >= 0.6 is 15.9 Å². The molecule has 3 rings (SSSR count). The molecule has 0 aliphatic carbocycles. The Balaban J connectivity index is 2.20. The van der Waals surface area contributed by atoms with Gasteiger partial charge < -0.3 is 14.6 Å². The highest BCUT2D eigenvalue weighted by Gasteiger charge is 2.21. The summed E-state index contributed by atoms with van der Waals surface area (Å²) in [6, 6.07) is 11.8. The molecule has 1 aromatic heterocycles. The first kappa shape index (κ1) is 16.5. The molecule has 5 nitrogen and oxygen atoms in total. The van der Waals surface area contributed by atoms with E-state index in [1.54, 1.807) is 20.2 Å². The zero-order valence-electron chi connectivity index (χ0n) is 13.7. The second-order valence-electron chi connectivity index (χ2n) is 5.88. The Morgan fingerprint density at radius 1 is 1.29 bits per heavy atom. The van der Waals surface area contributed by atoms with Gasteiger partial charge in [-0.2, -0.15) is 0 Å². The standard InChI is InChI=1S/C18H18BrN3O2/c1-11-20-16-14(22(11)10-12-7-5-4-6-8-12)9-13(15(19)17(16)23)18(24)21(2)3/h4-9,23H,10H2,1-3H3. The number of rotatable bonds is 3. The quantitative estimate of drug-likeness (QED) is 0.747. The van der Waals surface area contributed by atoms with Gasteiger partial charge in [0.25, 0.3) is 5.91 Å². The molecule has 1 amide bonds. The molecule has 124 valence electrons. The highest BCUT2D eigenvalue weighted by Crippen LogP contribution is 2.36. The lowest BCUT2D eigenvalue weighted by molar-refractivity contribution is 0.0826. The predicted molar refractivity (Wildman–Crippen MR) is 97.4 cm³/mol. The molecule has 0 unspecified atom stereocenters. The highest BCUT2D eigenvalue weighted by atomic mass is 79.9. The fraction of sp³-hybridized carbons (Fsp3) is 0.222. The van der Waals surface area contributed by atoms with E-state index in [-0.39, 0.29) is 11.7 Å². The molecule has 0 saturated heterocycles. The molecular weight excluding hydrogens is 370 g/mol. The molecule has 0 fully saturated rings. The number of carbonyl (C=O) groups excluding carboxylic acids is 1. The van der Waals surface area contributed by atoms with E-state index in [1.165, 1.54) is 4.90 Å². The molecule has 24 heavy (non-hydrogen) atoms. The number of fused-ring (bicyclic) bond motifs is 1. The van der Waals surface area contributed by atoms with Crippen molar-refractivity contribution in [2.24, 2.45) is 0 Å². The Labute approximate surface area is 148 Å². The molecule has 0 bridgehead atoms. The van der Waals surface area contributed by atoms with Crippen LogP contribution in [-0.4, -0.2) is 39.6 Å². The van der Waals surface area contributed by atoms with E-state index in [2.05, 4.69) is 20.9 Å². The Morgan fingerprint density at radius 3 is 2.58 bits per heavy atom. The Hall–Kier alpha value is -2.34. The molecule has 3 aromatic rings.